The molecule has 0 amide bonds. The van der Waals surface area contributed by atoms with Gasteiger partial charge in [-0.25, -0.2) is 9.55 Å². The van der Waals surface area contributed by atoms with Crippen LogP contribution in [-0.4, -0.2) is 47.2 Å². The zero-order chi connectivity index (χ0) is 19.1. The summed E-state index contributed by atoms with van der Waals surface area (Å²) in [5, 5.41) is 9.45. The van der Waals surface area contributed by atoms with Gasteiger partial charge in [-0.2, -0.15) is 43.2 Å². The summed E-state index contributed by atoms with van der Waals surface area (Å²) in [5.74, 6) is -2.13. The maximum absolute atomic E-state index is 12.5. The van der Waals surface area contributed by atoms with Crippen LogP contribution in [0.4, 0.5) is 26.3 Å². The first-order valence-corrected chi connectivity index (χ1v) is 8.42. The molecule has 0 aliphatic rings. The molecule has 0 saturated heterocycles. The molecule has 16 heteroatoms. The number of hydrogen-bond acceptors (Lipinski definition) is 4. The smallest absolute Gasteiger partial charge is 0.459 e. The normalized spacial score (nSPS) is 13.8. The molecule has 1 aromatic rings. The first-order valence-electron chi connectivity index (χ1n) is 5.54. The SMILES string of the molecule is Cc1[nH]cc[n+]1CC(O)=[N+](S(=O)(=O)C(F)(F)F)S(=O)(=O)C(F)(F)F. The van der Waals surface area contributed by atoms with Crippen molar-refractivity contribution in [3.8, 4) is 0 Å². The summed E-state index contributed by atoms with van der Waals surface area (Å²) in [4.78, 5) is 2.43. The molecule has 0 aliphatic carbocycles. The third kappa shape index (κ3) is 3.47. The second-order valence-electron chi connectivity index (χ2n) is 4.19. The lowest BCUT2D eigenvalue weighted by Gasteiger charge is -2.09. The predicted octanol–water partition coefficient (Wildman–Crippen LogP) is 0.279. The Morgan fingerprint density at radius 1 is 1.12 bits per heavy atom. The van der Waals surface area contributed by atoms with Gasteiger partial charge < -0.3 is 5.11 Å². The van der Waals surface area contributed by atoms with Gasteiger partial charge in [-0.05, 0) is 0 Å². The number of imidazole rings is 1. The van der Waals surface area contributed by atoms with Crippen LogP contribution in [0.5, 0.6) is 0 Å². The second kappa shape index (κ2) is 5.91. The van der Waals surface area contributed by atoms with Crippen LogP contribution >= 0.6 is 0 Å². The van der Waals surface area contributed by atoms with E-state index in [9.17, 15) is 48.3 Å². The van der Waals surface area contributed by atoms with E-state index in [-0.39, 0.29) is 5.82 Å². The Hall–Kier alpha value is -1.84. The third-order valence-electron chi connectivity index (χ3n) is 2.52. The number of aliphatic hydroxyl groups is 1. The Balaban J connectivity index is 3.75. The number of aliphatic hydroxyl groups excluding tert-OH is 1. The van der Waals surface area contributed by atoms with Crippen LogP contribution in [0, 0.1) is 6.92 Å². The fourth-order valence-electron chi connectivity index (χ4n) is 1.42. The van der Waals surface area contributed by atoms with Crippen molar-refractivity contribution in [1.82, 2.24) is 4.98 Å². The Morgan fingerprint density at radius 3 is 1.83 bits per heavy atom. The number of rotatable bonds is 4. The minimum atomic E-state index is -7.08. The lowest BCUT2D eigenvalue weighted by atomic mass is 10.6. The summed E-state index contributed by atoms with van der Waals surface area (Å²) in [6.07, 6.45) is 2.17. The number of halogens is 6. The number of aromatic amines is 1. The van der Waals surface area contributed by atoms with E-state index in [1.807, 2.05) is 0 Å². The monoisotopic (exact) mass is 405 g/mol. The summed E-state index contributed by atoms with van der Waals surface area (Å²) >= 11 is 0. The molecule has 24 heavy (non-hydrogen) atoms. The van der Waals surface area contributed by atoms with Crippen LogP contribution in [0.3, 0.4) is 0 Å². The van der Waals surface area contributed by atoms with Crippen LogP contribution in [0.2, 0.25) is 0 Å². The van der Waals surface area contributed by atoms with E-state index in [1.54, 1.807) is 0 Å². The minimum Gasteiger partial charge on any atom is -0.459 e. The fraction of sp³-hybridized carbons (Fsp3) is 0.500. The number of sulfonamides is 2. The third-order valence-corrected chi connectivity index (χ3v) is 6.16. The van der Waals surface area contributed by atoms with Crippen LogP contribution in [0.1, 0.15) is 5.82 Å². The number of aromatic nitrogens is 2. The molecule has 0 bridgehead atoms. The molecule has 0 fully saturated rings. The molecule has 0 radical (unpaired) electrons. The molecule has 0 atom stereocenters. The van der Waals surface area contributed by atoms with E-state index in [0.717, 1.165) is 17.0 Å². The van der Waals surface area contributed by atoms with Gasteiger partial charge >= 0.3 is 37.0 Å². The highest BCUT2D eigenvalue weighted by atomic mass is 32.3. The topological polar surface area (TPSA) is 111 Å². The standard InChI is InChI=1S/C8H7F6N3O5S2/c1-5-15-2-3-16(5)4-6(18)17(23(19,20)7(9,10)11)24(21,22)8(12,13)14/h2-3H,4H2,1H3/p+2. The molecule has 1 aromatic heterocycles. The zero-order valence-electron chi connectivity index (χ0n) is 11.4. The van der Waals surface area contributed by atoms with E-state index in [2.05, 4.69) is 4.98 Å². The first-order chi connectivity index (χ1) is 10.5. The first kappa shape index (κ1) is 20.2. The molecule has 1 rings (SSSR count). The molecule has 138 valence electrons. The van der Waals surface area contributed by atoms with Crippen molar-refractivity contribution in [3.63, 3.8) is 0 Å². The molecule has 1 heterocycles. The number of nitrogens with one attached hydrogen (secondary N) is 1. The molecular weight excluding hydrogens is 396 g/mol. The number of aryl methyl sites for hydroxylation is 1. The van der Waals surface area contributed by atoms with Crippen molar-refractivity contribution >= 4 is 25.9 Å². The number of H-pyrrole nitrogens is 1. The van der Waals surface area contributed by atoms with Crippen molar-refractivity contribution in [2.45, 2.75) is 24.5 Å². The minimum absolute atomic E-state index is 0.0790. The van der Waals surface area contributed by atoms with Gasteiger partial charge in [-0.3, -0.25) is 0 Å². The van der Waals surface area contributed by atoms with Gasteiger partial charge in [0.1, 0.15) is 12.4 Å². The maximum atomic E-state index is 12.5. The molecule has 0 unspecified atom stereocenters. The molecular formula is C8H9F6N3O5S2+2. The van der Waals surface area contributed by atoms with E-state index in [1.165, 1.54) is 6.92 Å². The highest BCUT2D eigenvalue weighted by Crippen LogP contribution is 2.32. The van der Waals surface area contributed by atoms with E-state index in [0.29, 0.717) is 0 Å². The van der Waals surface area contributed by atoms with E-state index >= 15 is 0 Å². The van der Waals surface area contributed by atoms with Crippen LogP contribution in [-0.2, 0) is 26.6 Å². The van der Waals surface area contributed by atoms with Gasteiger partial charge in [0.05, 0.1) is 3.39 Å². The number of nitrogens with zero attached hydrogens (tertiary/aromatic N) is 2. The average molecular weight is 405 g/mol. The van der Waals surface area contributed by atoms with E-state index in [4.69, 9.17) is 0 Å². The van der Waals surface area contributed by atoms with Crippen LogP contribution < -0.4 is 4.57 Å². The van der Waals surface area contributed by atoms with Crippen LogP contribution in [0.15, 0.2) is 12.4 Å². The number of hydrogen-bond donors (Lipinski definition) is 2. The highest BCUT2D eigenvalue weighted by Gasteiger charge is 2.68. The summed E-state index contributed by atoms with van der Waals surface area (Å²) < 4.78 is 119. The Kier molecular flexibility index (Phi) is 4.97. The molecule has 0 aliphatic heterocycles. The van der Waals surface area contributed by atoms with Gasteiger partial charge in [-0.1, -0.05) is 0 Å². The summed E-state index contributed by atoms with van der Waals surface area (Å²) in [6.45, 7) is -0.0198. The van der Waals surface area contributed by atoms with Gasteiger partial charge in [0.25, 0.3) is 5.82 Å². The van der Waals surface area contributed by atoms with Gasteiger partial charge in [-0.15, -0.1) is 0 Å². The van der Waals surface area contributed by atoms with Crippen molar-refractivity contribution in [1.29, 1.82) is 0 Å². The maximum Gasteiger partial charge on any atom is 0.561 e. The Bertz CT molecular complexity index is 819. The van der Waals surface area contributed by atoms with Gasteiger partial charge in [0.15, 0.2) is 0 Å². The van der Waals surface area contributed by atoms with Crippen molar-refractivity contribution in [2.24, 2.45) is 0 Å². The summed E-state index contributed by atoms with van der Waals surface area (Å²) in [5.41, 5.74) is -12.8. The van der Waals surface area contributed by atoms with Crippen molar-refractivity contribution < 1.29 is 56.2 Å². The van der Waals surface area contributed by atoms with Crippen molar-refractivity contribution in [2.75, 3.05) is 0 Å². The molecule has 0 spiro atoms. The largest absolute Gasteiger partial charge is 0.561 e. The summed E-state index contributed by atoms with van der Waals surface area (Å²) in [6, 6.07) is 0. The molecule has 8 nitrogen and oxygen atoms in total. The lowest BCUT2D eigenvalue weighted by molar-refractivity contribution is -0.690. The second-order valence-corrected chi connectivity index (χ2v) is 7.98. The van der Waals surface area contributed by atoms with Crippen LogP contribution in [0.25, 0.3) is 0 Å². The predicted molar refractivity (Wildman–Crippen MR) is 63.6 cm³/mol. The Morgan fingerprint density at radius 2 is 1.54 bits per heavy atom. The quantitative estimate of drug-likeness (QED) is 0.324. The van der Waals surface area contributed by atoms with Gasteiger partial charge in [0, 0.05) is 6.92 Å². The average Bonchev–Trinajstić information content (AvgIpc) is 2.71. The van der Waals surface area contributed by atoms with Gasteiger partial charge in [0.2, 0.25) is 6.54 Å². The Labute approximate surface area is 130 Å². The highest BCUT2D eigenvalue weighted by molar-refractivity contribution is 7.98. The fourth-order valence-corrected chi connectivity index (χ4v) is 4.01. The summed E-state index contributed by atoms with van der Waals surface area (Å²) in [7, 11) is -14.2. The molecule has 0 saturated carbocycles. The molecule has 2 N–H and O–H groups in total. The number of alkyl halides is 6. The lowest BCUT2D eigenvalue weighted by Crippen LogP contribution is -2.50. The van der Waals surface area contributed by atoms with Crippen molar-refractivity contribution in [3.05, 3.63) is 18.2 Å². The van der Waals surface area contributed by atoms with E-state index < -0.39 is 46.9 Å². The molecule has 0 aromatic carbocycles. The zero-order valence-corrected chi connectivity index (χ0v) is 13.1.